The van der Waals surface area contributed by atoms with Gasteiger partial charge in [0.25, 0.3) is 0 Å². The van der Waals surface area contributed by atoms with Crippen LogP contribution < -0.4 is 0 Å². The molecule has 1 aromatic carbocycles. The molecule has 0 unspecified atom stereocenters. The SMILES string of the molecule is OC[C@H]1C=C[C@@H](c2ccccc2)CC1. The molecule has 0 aromatic heterocycles. The molecule has 0 fully saturated rings. The second-order valence-electron chi connectivity index (χ2n) is 3.92. The smallest absolute Gasteiger partial charge is 0.0493 e. The fourth-order valence-electron chi connectivity index (χ4n) is 2.01. The first kappa shape index (κ1) is 9.47. The van der Waals surface area contributed by atoms with Gasteiger partial charge in [-0.2, -0.15) is 0 Å². The normalized spacial score (nSPS) is 26.4. The fraction of sp³-hybridized carbons (Fsp3) is 0.385. The van der Waals surface area contributed by atoms with Crippen LogP contribution in [0.2, 0.25) is 0 Å². The molecular formula is C13H16O. The number of hydrogen-bond donors (Lipinski definition) is 1. The average Bonchev–Trinajstić information content (AvgIpc) is 2.30. The molecule has 1 heteroatoms. The Morgan fingerprint density at radius 2 is 1.86 bits per heavy atom. The van der Waals surface area contributed by atoms with Crippen LogP contribution in [0.1, 0.15) is 24.3 Å². The predicted octanol–water partition coefficient (Wildman–Crippen LogP) is 2.73. The minimum absolute atomic E-state index is 0.290. The Balaban J connectivity index is 2.08. The molecule has 2 atom stereocenters. The molecule has 0 saturated carbocycles. The van der Waals surface area contributed by atoms with Gasteiger partial charge in [-0.25, -0.2) is 0 Å². The first-order chi connectivity index (χ1) is 6.90. The van der Waals surface area contributed by atoms with E-state index in [1.807, 2.05) is 6.07 Å². The van der Waals surface area contributed by atoms with Crippen LogP contribution in [0, 0.1) is 5.92 Å². The molecule has 14 heavy (non-hydrogen) atoms. The third kappa shape index (κ3) is 2.05. The van der Waals surface area contributed by atoms with Gasteiger partial charge in [-0.1, -0.05) is 42.5 Å². The van der Waals surface area contributed by atoms with Crippen LogP contribution in [-0.2, 0) is 0 Å². The second-order valence-corrected chi connectivity index (χ2v) is 3.92. The zero-order valence-electron chi connectivity index (χ0n) is 8.26. The summed E-state index contributed by atoms with van der Waals surface area (Å²) < 4.78 is 0. The summed E-state index contributed by atoms with van der Waals surface area (Å²) in [5.41, 5.74) is 1.39. The Bertz CT molecular complexity index is 302. The third-order valence-electron chi connectivity index (χ3n) is 2.93. The lowest BCUT2D eigenvalue weighted by Crippen LogP contribution is -2.10. The number of rotatable bonds is 2. The fourth-order valence-corrected chi connectivity index (χ4v) is 2.01. The first-order valence-electron chi connectivity index (χ1n) is 5.24. The zero-order chi connectivity index (χ0) is 9.80. The highest BCUT2D eigenvalue weighted by molar-refractivity contribution is 5.25. The van der Waals surface area contributed by atoms with Crippen LogP contribution in [0.25, 0.3) is 0 Å². The largest absolute Gasteiger partial charge is 0.396 e. The van der Waals surface area contributed by atoms with Crippen molar-refractivity contribution in [1.29, 1.82) is 0 Å². The van der Waals surface area contributed by atoms with Gasteiger partial charge in [-0.15, -0.1) is 0 Å². The van der Waals surface area contributed by atoms with Crippen LogP contribution in [0.4, 0.5) is 0 Å². The molecule has 1 N–H and O–H groups in total. The Morgan fingerprint density at radius 3 is 2.43 bits per heavy atom. The van der Waals surface area contributed by atoms with Crippen molar-refractivity contribution >= 4 is 0 Å². The van der Waals surface area contributed by atoms with Crippen molar-refractivity contribution in [3.05, 3.63) is 48.0 Å². The molecule has 2 rings (SSSR count). The minimum Gasteiger partial charge on any atom is -0.396 e. The van der Waals surface area contributed by atoms with E-state index in [-0.39, 0.29) is 6.61 Å². The number of aliphatic hydroxyl groups excluding tert-OH is 1. The van der Waals surface area contributed by atoms with Crippen molar-refractivity contribution in [2.75, 3.05) is 6.61 Å². The Kier molecular flexibility index (Phi) is 3.00. The predicted molar refractivity (Wildman–Crippen MR) is 58.1 cm³/mol. The van der Waals surface area contributed by atoms with Crippen molar-refractivity contribution in [1.82, 2.24) is 0 Å². The van der Waals surface area contributed by atoms with Gasteiger partial charge in [-0.3, -0.25) is 0 Å². The summed E-state index contributed by atoms with van der Waals surface area (Å²) in [6.07, 6.45) is 6.65. The molecule has 0 spiro atoms. The molecule has 1 aliphatic carbocycles. The van der Waals surface area contributed by atoms with Crippen molar-refractivity contribution in [3.63, 3.8) is 0 Å². The average molecular weight is 188 g/mol. The lowest BCUT2D eigenvalue weighted by molar-refractivity contribution is 0.239. The van der Waals surface area contributed by atoms with Crippen LogP contribution in [0.3, 0.4) is 0 Å². The van der Waals surface area contributed by atoms with Gasteiger partial charge in [0.2, 0.25) is 0 Å². The van der Waals surface area contributed by atoms with Gasteiger partial charge in [-0.05, 0) is 24.3 Å². The van der Waals surface area contributed by atoms with Crippen LogP contribution in [-0.4, -0.2) is 11.7 Å². The summed E-state index contributed by atoms with van der Waals surface area (Å²) in [5, 5.41) is 9.00. The highest BCUT2D eigenvalue weighted by atomic mass is 16.3. The van der Waals surface area contributed by atoms with E-state index in [4.69, 9.17) is 5.11 Å². The molecule has 74 valence electrons. The molecule has 1 nitrogen and oxygen atoms in total. The Morgan fingerprint density at radius 1 is 1.07 bits per heavy atom. The molecular weight excluding hydrogens is 172 g/mol. The molecule has 0 heterocycles. The number of hydrogen-bond acceptors (Lipinski definition) is 1. The summed E-state index contributed by atoms with van der Waals surface area (Å²) in [6, 6.07) is 10.6. The second kappa shape index (κ2) is 4.43. The lowest BCUT2D eigenvalue weighted by atomic mass is 9.85. The standard InChI is InChI=1S/C13H16O/c14-10-11-6-8-13(9-7-11)12-4-2-1-3-5-12/h1-6,8,11,13-14H,7,9-10H2/t11-,13+/m0/s1. The van der Waals surface area contributed by atoms with Gasteiger partial charge in [0, 0.05) is 12.5 Å². The van der Waals surface area contributed by atoms with E-state index in [0.717, 1.165) is 12.8 Å². The Hall–Kier alpha value is -1.08. The number of aliphatic hydroxyl groups is 1. The monoisotopic (exact) mass is 188 g/mol. The summed E-state index contributed by atoms with van der Waals surface area (Å²) in [7, 11) is 0. The van der Waals surface area contributed by atoms with Crippen molar-refractivity contribution in [2.45, 2.75) is 18.8 Å². The molecule has 0 amide bonds. The van der Waals surface area contributed by atoms with E-state index in [1.54, 1.807) is 0 Å². The van der Waals surface area contributed by atoms with E-state index in [2.05, 4.69) is 36.4 Å². The maximum Gasteiger partial charge on any atom is 0.0493 e. The van der Waals surface area contributed by atoms with Gasteiger partial charge >= 0.3 is 0 Å². The molecule has 0 radical (unpaired) electrons. The maximum absolute atomic E-state index is 9.00. The van der Waals surface area contributed by atoms with Crippen molar-refractivity contribution in [3.8, 4) is 0 Å². The summed E-state index contributed by atoms with van der Waals surface area (Å²) in [4.78, 5) is 0. The zero-order valence-corrected chi connectivity index (χ0v) is 8.26. The summed E-state index contributed by atoms with van der Waals surface area (Å²) >= 11 is 0. The third-order valence-corrected chi connectivity index (χ3v) is 2.93. The van der Waals surface area contributed by atoms with Gasteiger partial charge < -0.3 is 5.11 Å². The lowest BCUT2D eigenvalue weighted by Gasteiger charge is -2.21. The molecule has 0 saturated heterocycles. The first-order valence-corrected chi connectivity index (χ1v) is 5.24. The summed E-state index contributed by atoms with van der Waals surface area (Å²) in [5.74, 6) is 0.939. The van der Waals surface area contributed by atoms with Gasteiger partial charge in [0.15, 0.2) is 0 Å². The van der Waals surface area contributed by atoms with E-state index < -0.39 is 0 Å². The van der Waals surface area contributed by atoms with Crippen LogP contribution >= 0.6 is 0 Å². The van der Waals surface area contributed by atoms with E-state index in [1.165, 1.54) is 5.56 Å². The minimum atomic E-state index is 0.290. The number of benzene rings is 1. The topological polar surface area (TPSA) is 20.2 Å². The van der Waals surface area contributed by atoms with E-state index in [9.17, 15) is 0 Å². The van der Waals surface area contributed by atoms with E-state index >= 15 is 0 Å². The highest BCUT2D eigenvalue weighted by Gasteiger charge is 2.15. The Labute approximate surface area is 85.1 Å². The molecule has 0 aliphatic heterocycles. The van der Waals surface area contributed by atoms with Crippen molar-refractivity contribution < 1.29 is 5.11 Å². The number of allylic oxidation sites excluding steroid dienone is 1. The quantitative estimate of drug-likeness (QED) is 0.707. The maximum atomic E-state index is 9.00. The van der Waals surface area contributed by atoms with Gasteiger partial charge in [0.1, 0.15) is 0 Å². The molecule has 0 bridgehead atoms. The molecule has 1 aliphatic rings. The summed E-state index contributed by atoms with van der Waals surface area (Å²) in [6.45, 7) is 0.290. The van der Waals surface area contributed by atoms with Crippen LogP contribution in [0.5, 0.6) is 0 Å². The van der Waals surface area contributed by atoms with Crippen LogP contribution in [0.15, 0.2) is 42.5 Å². The molecule has 1 aromatic rings. The van der Waals surface area contributed by atoms with Gasteiger partial charge in [0.05, 0.1) is 0 Å². The van der Waals surface area contributed by atoms with Crippen molar-refractivity contribution in [2.24, 2.45) is 5.92 Å². The highest BCUT2D eigenvalue weighted by Crippen LogP contribution is 2.29. The van der Waals surface area contributed by atoms with E-state index in [0.29, 0.717) is 11.8 Å².